The molecule has 1 aromatic carbocycles. The fourth-order valence-corrected chi connectivity index (χ4v) is 3.02. The number of thiazole rings is 1. The lowest BCUT2D eigenvalue weighted by atomic mass is 10.2. The first-order valence-corrected chi connectivity index (χ1v) is 8.50. The minimum absolute atomic E-state index is 0.0829. The van der Waals surface area contributed by atoms with Crippen LogP contribution in [0.5, 0.6) is 0 Å². The molecule has 0 aliphatic carbocycles. The highest BCUT2D eigenvalue weighted by atomic mass is 32.1. The Kier molecular flexibility index (Phi) is 4.85. The average molecular weight is 342 g/mol. The Bertz CT molecular complexity index is 796. The zero-order chi connectivity index (χ0) is 16.9. The number of anilines is 1. The van der Waals surface area contributed by atoms with Gasteiger partial charge in [-0.3, -0.25) is 5.10 Å². The lowest BCUT2D eigenvalue weighted by Crippen LogP contribution is -2.32. The third-order valence-electron chi connectivity index (χ3n) is 3.46. The van der Waals surface area contributed by atoms with E-state index < -0.39 is 0 Å². The number of carbonyl (C=O) groups is 1. The molecule has 0 aliphatic heterocycles. The fraction of sp³-hybridized carbons (Fsp3) is 0.250. The van der Waals surface area contributed by atoms with Crippen molar-refractivity contribution < 1.29 is 4.79 Å². The van der Waals surface area contributed by atoms with Gasteiger partial charge in [0.25, 0.3) is 0 Å². The number of nitrogens with one attached hydrogen (secondary N) is 3. The van der Waals surface area contributed by atoms with E-state index >= 15 is 0 Å². The van der Waals surface area contributed by atoms with Crippen molar-refractivity contribution in [3.63, 3.8) is 0 Å². The van der Waals surface area contributed by atoms with Gasteiger partial charge in [0.2, 0.25) is 0 Å². The van der Waals surface area contributed by atoms with E-state index in [1.54, 1.807) is 6.20 Å². The van der Waals surface area contributed by atoms with E-state index in [0.717, 1.165) is 22.8 Å². The van der Waals surface area contributed by atoms with Crippen LogP contribution in [0.1, 0.15) is 30.2 Å². The molecular formula is C16H18N6OS. The molecule has 0 spiro atoms. The molecule has 2 amide bonds. The van der Waals surface area contributed by atoms with Crippen molar-refractivity contribution in [2.45, 2.75) is 26.3 Å². The molecule has 7 nitrogen and oxygen atoms in total. The van der Waals surface area contributed by atoms with Gasteiger partial charge in [-0.2, -0.15) is 5.10 Å². The van der Waals surface area contributed by atoms with E-state index in [9.17, 15) is 4.79 Å². The quantitative estimate of drug-likeness (QED) is 0.661. The van der Waals surface area contributed by atoms with Crippen LogP contribution in [0.15, 0.2) is 35.8 Å². The lowest BCUT2D eigenvalue weighted by molar-refractivity contribution is 0.248. The van der Waals surface area contributed by atoms with Gasteiger partial charge in [-0.15, -0.1) is 11.3 Å². The summed E-state index contributed by atoms with van der Waals surface area (Å²) in [5, 5.41) is 15.5. The molecular weight excluding hydrogens is 324 g/mol. The number of benzene rings is 1. The summed E-state index contributed by atoms with van der Waals surface area (Å²) in [5.41, 5.74) is 1.59. The van der Waals surface area contributed by atoms with Crippen LogP contribution in [0.2, 0.25) is 0 Å². The monoisotopic (exact) mass is 342 g/mol. The summed E-state index contributed by atoms with van der Waals surface area (Å²) < 4.78 is 0. The van der Waals surface area contributed by atoms with E-state index in [-0.39, 0.29) is 12.1 Å². The molecule has 0 saturated carbocycles. The number of aromatic nitrogens is 4. The maximum atomic E-state index is 12.2. The van der Waals surface area contributed by atoms with Crippen molar-refractivity contribution >= 4 is 23.1 Å². The summed E-state index contributed by atoms with van der Waals surface area (Å²) >= 11 is 1.53. The zero-order valence-corrected chi connectivity index (χ0v) is 14.2. The van der Waals surface area contributed by atoms with Crippen LogP contribution in [0.25, 0.3) is 11.4 Å². The lowest BCUT2D eigenvalue weighted by Gasteiger charge is -2.15. The highest BCUT2D eigenvalue weighted by molar-refractivity contribution is 7.09. The summed E-state index contributed by atoms with van der Waals surface area (Å²) in [6.45, 7) is 3.86. The Labute approximate surface area is 143 Å². The van der Waals surface area contributed by atoms with Crippen LogP contribution >= 0.6 is 11.3 Å². The molecule has 2 aromatic heterocycles. The van der Waals surface area contributed by atoms with E-state index in [4.69, 9.17) is 0 Å². The predicted molar refractivity (Wildman–Crippen MR) is 93.9 cm³/mol. The minimum atomic E-state index is -0.251. The highest BCUT2D eigenvalue weighted by Gasteiger charge is 2.15. The molecule has 0 bridgehead atoms. The molecule has 2 heterocycles. The van der Waals surface area contributed by atoms with Gasteiger partial charge in [-0.05, 0) is 37.6 Å². The second kappa shape index (κ2) is 7.22. The van der Waals surface area contributed by atoms with Crippen molar-refractivity contribution in [1.29, 1.82) is 0 Å². The molecule has 1 atom stereocenters. The third kappa shape index (κ3) is 3.77. The standard InChI is InChI=1S/C16H18N6OS/c1-3-13(15-17-8-9-24-15)20-16(23)19-12-6-4-11(5-7-12)14-18-10(2)21-22-14/h4-9,13H,3H2,1-2H3,(H,18,21,22)(H2,19,20,23)/t13-/m1/s1. The minimum Gasteiger partial charge on any atom is -0.329 e. The molecule has 3 aromatic rings. The van der Waals surface area contributed by atoms with Crippen molar-refractivity contribution in [2.75, 3.05) is 5.32 Å². The molecule has 0 radical (unpaired) electrons. The number of urea groups is 1. The molecule has 0 unspecified atom stereocenters. The van der Waals surface area contributed by atoms with Gasteiger partial charge < -0.3 is 10.6 Å². The normalized spacial score (nSPS) is 11.9. The fourth-order valence-electron chi connectivity index (χ4n) is 2.24. The summed E-state index contributed by atoms with van der Waals surface area (Å²) in [6.07, 6.45) is 2.52. The van der Waals surface area contributed by atoms with Crippen LogP contribution in [-0.2, 0) is 0 Å². The molecule has 0 fully saturated rings. The SMILES string of the molecule is CC[C@@H](NC(=O)Nc1ccc(-c2n[nH]c(C)n2)cc1)c1nccs1. The summed E-state index contributed by atoms with van der Waals surface area (Å²) in [6, 6.07) is 7.06. The van der Waals surface area contributed by atoms with Crippen molar-refractivity contribution in [3.8, 4) is 11.4 Å². The third-order valence-corrected chi connectivity index (χ3v) is 4.35. The number of aryl methyl sites for hydroxylation is 1. The Balaban J connectivity index is 1.62. The largest absolute Gasteiger partial charge is 0.329 e. The number of hydrogen-bond donors (Lipinski definition) is 3. The van der Waals surface area contributed by atoms with Gasteiger partial charge in [0, 0.05) is 22.8 Å². The number of carbonyl (C=O) groups excluding carboxylic acids is 1. The second-order valence-electron chi connectivity index (χ2n) is 5.25. The van der Waals surface area contributed by atoms with Crippen LogP contribution in [0, 0.1) is 6.92 Å². The van der Waals surface area contributed by atoms with E-state index in [0.29, 0.717) is 11.5 Å². The number of hydrogen-bond acceptors (Lipinski definition) is 5. The number of rotatable bonds is 5. The Morgan fingerprint density at radius 2 is 2.12 bits per heavy atom. The Morgan fingerprint density at radius 1 is 1.33 bits per heavy atom. The maximum absolute atomic E-state index is 12.2. The van der Waals surface area contributed by atoms with E-state index in [1.165, 1.54) is 11.3 Å². The molecule has 24 heavy (non-hydrogen) atoms. The summed E-state index contributed by atoms with van der Waals surface area (Å²) in [4.78, 5) is 20.7. The van der Waals surface area contributed by atoms with Crippen molar-refractivity contribution in [3.05, 3.63) is 46.7 Å². The summed E-state index contributed by atoms with van der Waals surface area (Å²) in [7, 11) is 0. The van der Waals surface area contributed by atoms with Gasteiger partial charge in [-0.25, -0.2) is 14.8 Å². The van der Waals surface area contributed by atoms with E-state index in [2.05, 4.69) is 30.8 Å². The predicted octanol–water partition coefficient (Wildman–Crippen LogP) is 3.51. The molecule has 3 N–H and O–H groups in total. The molecule has 3 rings (SSSR count). The van der Waals surface area contributed by atoms with Gasteiger partial charge in [0.15, 0.2) is 5.82 Å². The van der Waals surface area contributed by atoms with Gasteiger partial charge >= 0.3 is 6.03 Å². The first-order chi connectivity index (χ1) is 11.7. The molecule has 8 heteroatoms. The Morgan fingerprint density at radius 3 is 2.71 bits per heavy atom. The van der Waals surface area contributed by atoms with E-state index in [1.807, 2.05) is 43.5 Å². The van der Waals surface area contributed by atoms with Crippen LogP contribution in [-0.4, -0.2) is 26.2 Å². The van der Waals surface area contributed by atoms with Gasteiger partial charge in [0.1, 0.15) is 10.8 Å². The zero-order valence-electron chi connectivity index (χ0n) is 13.4. The first-order valence-electron chi connectivity index (χ1n) is 7.62. The topological polar surface area (TPSA) is 95.6 Å². The molecule has 0 saturated heterocycles. The maximum Gasteiger partial charge on any atom is 0.319 e. The number of aromatic amines is 1. The molecule has 124 valence electrons. The highest BCUT2D eigenvalue weighted by Crippen LogP contribution is 2.20. The average Bonchev–Trinajstić information content (AvgIpc) is 3.25. The van der Waals surface area contributed by atoms with Gasteiger partial charge in [-0.1, -0.05) is 6.92 Å². The smallest absolute Gasteiger partial charge is 0.319 e. The van der Waals surface area contributed by atoms with Crippen molar-refractivity contribution in [1.82, 2.24) is 25.5 Å². The number of nitrogens with zero attached hydrogens (tertiary/aromatic N) is 3. The van der Waals surface area contributed by atoms with Crippen LogP contribution in [0.4, 0.5) is 10.5 Å². The molecule has 0 aliphatic rings. The second-order valence-corrected chi connectivity index (χ2v) is 6.18. The van der Waals surface area contributed by atoms with Crippen LogP contribution in [0.3, 0.4) is 0 Å². The Hall–Kier alpha value is -2.74. The number of amides is 2. The summed E-state index contributed by atoms with van der Waals surface area (Å²) in [5.74, 6) is 1.40. The van der Waals surface area contributed by atoms with Gasteiger partial charge in [0.05, 0.1) is 6.04 Å². The first kappa shape index (κ1) is 16.1. The number of H-pyrrole nitrogens is 1. The van der Waals surface area contributed by atoms with Crippen molar-refractivity contribution in [2.24, 2.45) is 0 Å². The van der Waals surface area contributed by atoms with Crippen LogP contribution < -0.4 is 10.6 Å².